The number of benzene rings is 2. The maximum absolute atomic E-state index is 13.9. The minimum absolute atomic E-state index is 0.0137. The number of carbonyl (C=O) groups is 2. The van der Waals surface area contributed by atoms with Crippen LogP contribution in [0.5, 0.6) is 17.2 Å². The van der Waals surface area contributed by atoms with Crippen LogP contribution in [0.15, 0.2) is 23.3 Å². The predicted molar refractivity (Wildman–Crippen MR) is 163 cm³/mol. The molecule has 6 rings (SSSR count). The van der Waals surface area contributed by atoms with Gasteiger partial charge in [0.2, 0.25) is 5.78 Å². The summed E-state index contributed by atoms with van der Waals surface area (Å²) in [6, 6.07) is 3.93. The van der Waals surface area contributed by atoms with Crippen LogP contribution in [0.4, 0.5) is 0 Å². The van der Waals surface area contributed by atoms with Gasteiger partial charge in [0, 0.05) is 55.1 Å². The first-order valence-corrected chi connectivity index (χ1v) is 15.5. The molecule has 2 saturated heterocycles. The number of aliphatic hydroxyl groups is 2. The lowest BCUT2D eigenvalue weighted by atomic mass is 9.71. The number of rotatable bonds is 5. The number of piperidine rings is 1. The van der Waals surface area contributed by atoms with Crippen LogP contribution in [0.2, 0.25) is 0 Å². The number of carbonyl (C=O) groups excluding carboxylic acids is 2. The van der Waals surface area contributed by atoms with Gasteiger partial charge in [0.15, 0.2) is 12.1 Å². The van der Waals surface area contributed by atoms with Gasteiger partial charge in [0.1, 0.15) is 22.8 Å². The second kappa shape index (κ2) is 11.7. The second-order valence-electron chi connectivity index (χ2n) is 12.9. The molecule has 4 aliphatic rings. The van der Waals surface area contributed by atoms with Gasteiger partial charge >= 0.3 is 0 Å². The minimum atomic E-state index is -1.65. The Morgan fingerprint density at radius 2 is 1.78 bits per heavy atom. The van der Waals surface area contributed by atoms with Gasteiger partial charge in [-0.15, -0.1) is 0 Å². The number of phenolic OH excluding ortho intramolecular Hbond substituents is 2. The van der Waals surface area contributed by atoms with Gasteiger partial charge in [-0.2, -0.15) is 5.10 Å². The number of hydrogen-bond acceptors (Lipinski definition) is 12. The molecule has 0 spiro atoms. The molecule has 0 bridgehead atoms. The number of hydrogen-bond donors (Lipinski definition) is 5. The summed E-state index contributed by atoms with van der Waals surface area (Å²) in [5, 5.41) is 52.7. The normalized spacial score (nSPS) is 30.5. The number of nitrogens with zero attached hydrogens (tertiary/aromatic N) is 2. The van der Waals surface area contributed by atoms with E-state index in [9.17, 15) is 30.0 Å². The van der Waals surface area contributed by atoms with Crippen LogP contribution in [0, 0.1) is 5.92 Å². The van der Waals surface area contributed by atoms with Crippen LogP contribution in [-0.2, 0) is 15.9 Å². The van der Waals surface area contributed by atoms with Crippen LogP contribution in [0.1, 0.15) is 95.5 Å². The average Bonchev–Trinajstić information content (AvgIpc) is 3.00. The maximum Gasteiger partial charge on any atom is 0.202 e. The SMILES string of the molecule is COc1cccc2c1C(=O)c1c(O)c3c(c(O)c1C2=O)C[C@@](O)(/C(C)=N/N1CCC(C)CC1)C[C@@H]3O[C@H]1C[C@H](N)[C@H](O)[C@H](C)O1. The number of aromatic hydroxyl groups is 2. The molecule has 0 amide bonds. The smallest absolute Gasteiger partial charge is 0.202 e. The molecule has 2 aromatic carbocycles. The van der Waals surface area contributed by atoms with E-state index in [1.54, 1.807) is 26.0 Å². The number of ketones is 2. The first kappa shape index (κ1) is 31.4. The predicted octanol–water partition coefficient (Wildman–Crippen LogP) is 2.55. The van der Waals surface area contributed by atoms with E-state index >= 15 is 0 Å². The fourth-order valence-electron chi connectivity index (χ4n) is 7.07. The Hall–Kier alpha value is -3.55. The first-order valence-electron chi connectivity index (χ1n) is 15.5. The Morgan fingerprint density at radius 1 is 1.09 bits per heavy atom. The molecule has 242 valence electrons. The molecule has 0 saturated carbocycles. The molecule has 45 heavy (non-hydrogen) atoms. The molecule has 2 aromatic rings. The monoisotopic (exact) mass is 623 g/mol. The molecule has 2 heterocycles. The summed E-state index contributed by atoms with van der Waals surface area (Å²) in [5.74, 6) is -1.63. The van der Waals surface area contributed by atoms with E-state index in [2.05, 4.69) is 6.92 Å². The van der Waals surface area contributed by atoms with Gasteiger partial charge in [0.25, 0.3) is 0 Å². The van der Waals surface area contributed by atoms with Gasteiger partial charge in [0.05, 0.1) is 47.8 Å². The van der Waals surface area contributed by atoms with Crippen LogP contribution < -0.4 is 10.5 Å². The molecule has 0 unspecified atom stereocenters. The molecule has 6 atom stereocenters. The Kier molecular flexibility index (Phi) is 8.15. The number of methoxy groups -OCH3 is 1. The molecule has 12 nitrogen and oxygen atoms in total. The van der Waals surface area contributed by atoms with E-state index in [0.29, 0.717) is 11.6 Å². The van der Waals surface area contributed by atoms with Gasteiger partial charge in [-0.3, -0.25) is 14.6 Å². The third-order valence-corrected chi connectivity index (χ3v) is 9.87. The lowest BCUT2D eigenvalue weighted by Gasteiger charge is -2.43. The number of aliphatic hydroxyl groups excluding tert-OH is 1. The standard InChI is InChI=1S/C33H41N3O9/c1-15-8-10-36(11-9-15)35-17(3)33(42)13-19-25(22(14-33)45-23-12-20(34)28(37)16(2)44-23)32(41)27-26(30(19)39)29(38)18-6-5-7-21(43-4)24(18)31(27)40/h5-7,15-16,20,22-23,28,37,39,41-42H,8-14,34H2,1-4H3/b35-17+/t16-,20-,22-,23-,28+,33-/m0/s1. The topological polar surface area (TPSA) is 184 Å². The summed E-state index contributed by atoms with van der Waals surface area (Å²) >= 11 is 0. The summed E-state index contributed by atoms with van der Waals surface area (Å²) in [5.41, 5.74) is 4.37. The zero-order valence-electron chi connectivity index (χ0n) is 25.9. The van der Waals surface area contributed by atoms with Crippen molar-refractivity contribution in [2.24, 2.45) is 16.8 Å². The minimum Gasteiger partial charge on any atom is -0.507 e. The Morgan fingerprint density at radius 3 is 2.44 bits per heavy atom. The zero-order valence-corrected chi connectivity index (χ0v) is 25.9. The molecular weight excluding hydrogens is 582 g/mol. The van der Waals surface area contributed by atoms with Crippen LogP contribution in [0.3, 0.4) is 0 Å². The second-order valence-corrected chi connectivity index (χ2v) is 12.9. The first-order chi connectivity index (χ1) is 21.3. The lowest BCUT2D eigenvalue weighted by molar-refractivity contribution is -0.245. The highest BCUT2D eigenvalue weighted by Gasteiger charge is 2.49. The lowest BCUT2D eigenvalue weighted by Crippen LogP contribution is -2.52. The van der Waals surface area contributed by atoms with Crippen molar-refractivity contribution in [3.63, 3.8) is 0 Å². The highest BCUT2D eigenvalue weighted by Crippen LogP contribution is 2.52. The fourth-order valence-corrected chi connectivity index (χ4v) is 7.07. The number of phenols is 2. The molecule has 2 aliphatic heterocycles. The quantitative estimate of drug-likeness (QED) is 0.208. The van der Waals surface area contributed by atoms with Gasteiger partial charge in [-0.25, -0.2) is 0 Å². The van der Waals surface area contributed by atoms with E-state index in [4.69, 9.17) is 25.0 Å². The summed E-state index contributed by atoms with van der Waals surface area (Å²) < 4.78 is 17.6. The average molecular weight is 624 g/mol. The zero-order chi connectivity index (χ0) is 32.4. The summed E-state index contributed by atoms with van der Waals surface area (Å²) in [7, 11) is 1.37. The van der Waals surface area contributed by atoms with Gasteiger partial charge in [-0.05, 0) is 38.7 Å². The van der Waals surface area contributed by atoms with E-state index in [-0.39, 0.29) is 58.4 Å². The summed E-state index contributed by atoms with van der Waals surface area (Å²) in [6.07, 6.45) is -1.84. The van der Waals surface area contributed by atoms with E-state index < -0.39 is 59.3 Å². The van der Waals surface area contributed by atoms with Crippen molar-refractivity contribution in [2.45, 2.75) is 89.1 Å². The van der Waals surface area contributed by atoms with Gasteiger partial charge in [-0.1, -0.05) is 19.1 Å². The highest BCUT2D eigenvalue weighted by molar-refractivity contribution is 6.31. The number of fused-ring (bicyclic) bond motifs is 3. The number of hydrazone groups is 1. The summed E-state index contributed by atoms with van der Waals surface area (Å²) in [4.78, 5) is 27.7. The highest BCUT2D eigenvalue weighted by atomic mass is 16.7. The Labute approximate surface area is 261 Å². The fraction of sp³-hybridized carbons (Fsp3) is 0.545. The Balaban J connectivity index is 1.47. The molecule has 12 heteroatoms. The third kappa shape index (κ3) is 5.28. The molecular formula is C33H41N3O9. The Bertz CT molecular complexity index is 1560. The van der Waals surface area contributed by atoms with Crippen molar-refractivity contribution in [1.82, 2.24) is 5.01 Å². The van der Waals surface area contributed by atoms with Crippen LogP contribution in [0.25, 0.3) is 0 Å². The van der Waals surface area contributed by atoms with Crippen LogP contribution >= 0.6 is 0 Å². The molecule has 2 fully saturated rings. The maximum atomic E-state index is 13.9. The van der Waals surface area contributed by atoms with E-state index in [0.717, 1.165) is 25.9 Å². The van der Waals surface area contributed by atoms with Crippen LogP contribution in [-0.4, -0.2) is 93.1 Å². The van der Waals surface area contributed by atoms with Crippen molar-refractivity contribution >= 4 is 17.3 Å². The third-order valence-electron chi connectivity index (χ3n) is 9.87. The van der Waals surface area contributed by atoms with Crippen molar-refractivity contribution in [3.05, 3.63) is 51.6 Å². The van der Waals surface area contributed by atoms with E-state index in [1.165, 1.54) is 13.2 Å². The molecule has 0 radical (unpaired) electrons. The number of nitrogens with two attached hydrogens (primary N) is 1. The van der Waals surface area contributed by atoms with Crippen molar-refractivity contribution in [1.29, 1.82) is 0 Å². The molecule has 6 N–H and O–H groups in total. The van der Waals surface area contributed by atoms with E-state index in [1.807, 2.05) is 5.01 Å². The molecule has 2 aliphatic carbocycles. The van der Waals surface area contributed by atoms with Crippen molar-refractivity contribution in [3.8, 4) is 17.2 Å². The van der Waals surface area contributed by atoms with Gasteiger partial charge < -0.3 is 40.4 Å². The van der Waals surface area contributed by atoms with Crippen molar-refractivity contribution in [2.75, 3.05) is 20.2 Å². The largest absolute Gasteiger partial charge is 0.507 e. The molecule has 0 aromatic heterocycles. The summed E-state index contributed by atoms with van der Waals surface area (Å²) in [6.45, 7) is 7.03. The van der Waals surface area contributed by atoms with Crippen molar-refractivity contribution < 1.29 is 44.2 Å². The number of ether oxygens (including phenoxy) is 3.